The Labute approximate surface area is 117 Å². The average Bonchev–Trinajstić information content (AvgIpc) is 2.70. The maximum absolute atomic E-state index is 9.82. The maximum atomic E-state index is 9.82. The fourth-order valence-corrected chi connectivity index (χ4v) is 3.08. The minimum atomic E-state index is -0.149. The number of phenolic OH excluding ortho intramolecular Hbond substituents is 1. The van der Waals surface area contributed by atoms with E-state index in [0.717, 1.165) is 35.8 Å². The predicted octanol–water partition coefficient (Wildman–Crippen LogP) is 2.75. The Morgan fingerprint density at radius 2 is 2.17 bits per heavy atom. The summed E-state index contributed by atoms with van der Waals surface area (Å²) in [6.45, 7) is 1.58. The summed E-state index contributed by atoms with van der Waals surface area (Å²) in [5, 5.41) is 19.6. The van der Waals surface area contributed by atoms with E-state index in [1.165, 1.54) is 0 Å². The second kappa shape index (κ2) is 6.04. The van der Waals surface area contributed by atoms with Gasteiger partial charge in [-0.05, 0) is 44.0 Å². The Balaban J connectivity index is 1.94. The lowest BCUT2D eigenvalue weighted by Crippen LogP contribution is -2.29. The van der Waals surface area contributed by atoms with Gasteiger partial charge in [0.15, 0.2) is 0 Å². The van der Waals surface area contributed by atoms with Crippen LogP contribution in [-0.2, 0) is 6.54 Å². The van der Waals surface area contributed by atoms with Crippen molar-refractivity contribution in [1.82, 2.24) is 4.90 Å². The molecule has 1 aromatic carbocycles. The van der Waals surface area contributed by atoms with Gasteiger partial charge >= 0.3 is 0 Å². The summed E-state index contributed by atoms with van der Waals surface area (Å²) in [6.07, 6.45) is 3.02. The van der Waals surface area contributed by atoms with Crippen LogP contribution in [0.4, 0.5) is 0 Å². The van der Waals surface area contributed by atoms with E-state index in [9.17, 15) is 10.2 Å². The van der Waals surface area contributed by atoms with Gasteiger partial charge in [0, 0.05) is 23.1 Å². The fourth-order valence-electron chi connectivity index (χ4n) is 2.67. The quantitative estimate of drug-likeness (QED) is 0.898. The Kier molecular flexibility index (Phi) is 4.65. The van der Waals surface area contributed by atoms with Crippen molar-refractivity contribution >= 4 is 15.9 Å². The van der Waals surface area contributed by atoms with Crippen LogP contribution in [0.1, 0.15) is 24.8 Å². The highest BCUT2D eigenvalue weighted by molar-refractivity contribution is 9.10. The Hall–Kier alpha value is -0.580. The topological polar surface area (TPSA) is 43.7 Å². The van der Waals surface area contributed by atoms with Crippen LogP contribution in [0.5, 0.6) is 5.75 Å². The van der Waals surface area contributed by atoms with E-state index in [2.05, 4.69) is 20.8 Å². The van der Waals surface area contributed by atoms with Gasteiger partial charge in [-0.3, -0.25) is 0 Å². The molecule has 2 unspecified atom stereocenters. The molecule has 0 amide bonds. The number of hydrogen-bond acceptors (Lipinski definition) is 3. The number of nitrogens with zero attached hydrogens (tertiary/aromatic N) is 1. The van der Waals surface area contributed by atoms with Gasteiger partial charge in [-0.1, -0.05) is 22.4 Å². The molecule has 18 heavy (non-hydrogen) atoms. The van der Waals surface area contributed by atoms with E-state index in [0.29, 0.717) is 18.2 Å². The van der Waals surface area contributed by atoms with E-state index >= 15 is 0 Å². The lowest BCUT2D eigenvalue weighted by atomic mass is 10.1. The zero-order valence-corrected chi connectivity index (χ0v) is 12.2. The standard InChI is InChI=1S/C14H20BrNO2/c1-16(8-10-3-2-4-13(10)17)9-11-7-12(15)5-6-14(11)18/h5-7,10,13,17-18H,2-4,8-9H2,1H3. The summed E-state index contributed by atoms with van der Waals surface area (Å²) in [6, 6.07) is 5.48. The second-order valence-corrected chi connectivity index (χ2v) is 6.14. The van der Waals surface area contributed by atoms with Crippen molar-refractivity contribution < 1.29 is 10.2 Å². The van der Waals surface area contributed by atoms with Gasteiger partial charge in [-0.15, -0.1) is 0 Å². The summed E-state index contributed by atoms with van der Waals surface area (Å²) in [5.41, 5.74) is 0.916. The molecule has 1 aliphatic rings. The van der Waals surface area contributed by atoms with Crippen molar-refractivity contribution in [2.24, 2.45) is 5.92 Å². The Bertz CT molecular complexity index is 411. The minimum absolute atomic E-state index is 0.149. The van der Waals surface area contributed by atoms with Crippen LogP contribution in [0.2, 0.25) is 0 Å². The number of benzene rings is 1. The summed E-state index contributed by atoms with van der Waals surface area (Å²) < 4.78 is 0.976. The number of hydrogen-bond donors (Lipinski definition) is 2. The molecule has 1 saturated carbocycles. The maximum Gasteiger partial charge on any atom is 0.120 e. The van der Waals surface area contributed by atoms with Gasteiger partial charge in [0.25, 0.3) is 0 Å². The third kappa shape index (κ3) is 3.46. The molecule has 2 rings (SSSR count). The number of aliphatic hydroxyl groups excluding tert-OH is 1. The number of phenols is 1. The average molecular weight is 314 g/mol. The molecule has 0 aliphatic heterocycles. The van der Waals surface area contributed by atoms with Crippen LogP contribution >= 0.6 is 15.9 Å². The van der Waals surface area contributed by atoms with E-state index < -0.39 is 0 Å². The Morgan fingerprint density at radius 1 is 1.39 bits per heavy atom. The van der Waals surface area contributed by atoms with Gasteiger partial charge in [-0.2, -0.15) is 0 Å². The third-order valence-corrected chi connectivity index (χ3v) is 4.14. The van der Waals surface area contributed by atoms with Crippen LogP contribution in [0.25, 0.3) is 0 Å². The molecular weight excluding hydrogens is 294 g/mol. The fraction of sp³-hybridized carbons (Fsp3) is 0.571. The molecule has 1 aromatic rings. The largest absolute Gasteiger partial charge is 0.508 e. The van der Waals surface area contributed by atoms with Crippen molar-refractivity contribution in [2.75, 3.05) is 13.6 Å². The number of aliphatic hydroxyl groups is 1. The lowest BCUT2D eigenvalue weighted by Gasteiger charge is -2.23. The first-order chi connectivity index (χ1) is 8.56. The monoisotopic (exact) mass is 313 g/mol. The van der Waals surface area contributed by atoms with E-state index in [-0.39, 0.29) is 6.10 Å². The molecule has 4 heteroatoms. The molecule has 0 spiro atoms. The van der Waals surface area contributed by atoms with E-state index in [1.54, 1.807) is 6.07 Å². The summed E-state index contributed by atoms with van der Waals surface area (Å²) >= 11 is 3.41. The van der Waals surface area contributed by atoms with Crippen LogP contribution < -0.4 is 0 Å². The Morgan fingerprint density at radius 3 is 2.83 bits per heavy atom. The van der Waals surface area contributed by atoms with Gasteiger partial charge in [0.2, 0.25) is 0 Å². The summed E-state index contributed by atoms with van der Waals surface area (Å²) in [4.78, 5) is 2.17. The van der Waals surface area contributed by atoms with Gasteiger partial charge in [0.05, 0.1) is 6.10 Å². The van der Waals surface area contributed by atoms with Crippen molar-refractivity contribution in [2.45, 2.75) is 31.9 Å². The zero-order valence-electron chi connectivity index (χ0n) is 10.6. The normalized spacial score (nSPS) is 23.8. The highest BCUT2D eigenvalue weighted by atomic mass is 79.9. The van der Waals surface area contributed by atoms with Gasteiger partial charge in [0.1, 0.15) is 5.75 Å². The van der Waals surface area contributed by atoms with Crippen molar-refractivity contribution in [1.29, 1.82) is 0 Å². The first-order valence-corrected chi connectivity index (χ1v) is 7.19. The molecule has 3 nitrogen and oxygen atoms in total. The second-order valence-electron chi connectivity index (χ2n) is 5.23. The molecule has 2 atom stereocenters. The molecular formula is C14H20BrNO2. The molecule has 2 N–H and O–H groups in total. The lowest BCUT2D eigenvalue weighted by molar-refractivity contribution is 0.107. The van der Waals surface area contributed by atoms with Gasteiger partial charge < -0.3 is 15.1 Å². The molecule has 1 fully saturated rings. The molecule has 0 saturated heterocycles. The van der Waals surface area contributed by atoms with E-state index in [1.807, 2.05) is 19.2 Å². The van der Waals surface area contributed by atoms with Crippen LogP contribution in [0.3, 0.4) is 0 Å². The first-order valence-electron chi connectivity index (χ1n) is 6.40. The summed E-state index contributed by atoms with van der Waals surface area (Å²) in [5.74, 6) is 0.710. The van der Waals surface area contributed by atoms with Gasteiger partial charge in [-0.25, -0.2) is 0 Å². The molecule has 1 aliphatic carbocycles. The molecule has 0 radical (unpaired) electrons. The molecule has 0 aromatic heterocycles. The first kappa shape index (κ1) is 13.8. The third-order valence-electron chi connectivity index (χ3n) is 3.65. The molecule has 100 valence electrons. The smallest absolute Gasteiger partial charge is 0.120 e. The van der Waals surface area contributed by atoms with Crippen molar-refractivity contribution in [3.8, 4) is 5.75 Å². The highest BCUT2D eigenvalue weighted by Gasteiger charge is 2.26. The van der Waals surface area contributed by atoms with Crippen LogP contribution in [0.15, 0.2) is 22.7 Å². The van der Waals surface area contributed by atoms with Crippen LogP contribution in [-0.4, -0.2) is 34.8 Å². The number of aromatic hydroxyl groups is 1. The number of rotatable bonds is 4. The predicted molar refractivity (Wildman–Crippen MR) is 75.5 cm³/mol. The number of halogens is 1. The molecule has 0 bridgehead atoms. The van der Waals surface area contributed by atoms with Crippen molar-refractivity contribution in [3.63, 3.8) is 0 Å². The van der Waals surface area contributed by atoms with Crippen LogP contribution in [0, 0.1) is 5.92 Å². The summed E-state index contributed by atoms with van der Waals surface area (Å²) in [7, 11) is 2.03. The highest BCUT2D eigenvalue weighted by Crippen LogP contribution is 2.27. The minimum Gasteiger partial charge on any atom is -0.508 e. The zero-order chi connectivity index (χ0) is 13.1. The van der Waals surface area contributed by atoms with E-state index in [4.69, 9.17) is 0 Å². The van der Waals surface area contributed by atoms with Crippen molar-refractivity contribution in [3.05, 3.63) is 28.2 Å². The SMILES string of the molecule is CN(Cc1cc(Br)ccc1O)CC1CCCC1O. The molecule has 0 heterocycles.